The van der Waals surface area contributed by atoms with Crippen molar-refractivity contribution in [1.82, 2.24) is 14.5 Å². The van der Waals surface area contributed by atoms with E-state index >= 15 is 0 Å². The molecule has 1 fully saturated rings. The first-order chi connectivity index (χ1) is 10.5. The third-order valence-corrected chi connectivity index (χ3v) is 4.53. The first-order valence-corrected chi connectivity index (χ1v) is 7.89. The number of nitrogens with zero attached hydrogens (tertiary/aromatic N) is 3. The van der Waals surface area contributed by atoms with Gasteiger partial charge in [0, 0.05) is 37.1 Å². The molecule has 1 aromatic carbocycles. The zero-order valence-corrected chi connectivity index (χ0v) is 13.5. The van der Waals surface area contributed by atoms with Gasteiger partial charge in [-0.3, -0.25) is 4.79 Å². The minimum Gasteiger partial charge on any atom is -0.338 e. The van der Waals surface area contributed by atoms with E-state index in [1.165, 1.54) is 5.69 Å². The number of rotatable bonds is 3. The normalized spacial score (nSPS) is 18.0. The molecule has 1 amide bonds. The molecule has 116 valence electrons. The Morgan fingerprint density at radius 1 is 1.32 bits per heavy atom. The van der Waals surface area contributed by atoms with E-state index < -0.39 is 0 Å². The highest BCUT2D eigenvalue weighted by Gasteiger charge is 2.27. The molecule has 0 saturated carbocycles. The van der Waals surface area contributed by atoms with E-state index in [1.807, 2.05) is 49.2 Å². The molecule has 1 unspecified atom stereocenters. The molecule has 3 rings (SSSR count). The molecule has 2 aromatic rings. The van der Waals surface area contributed by atoms with Gasteiger partial charge in [-0.05, 0) is 45.2 Å². The molecule has 4 heteroatoms. The Balaban J connectivity index is 1.66. The van der Waals surface area contributed by atoms with Crippen LogP contribution in [0, 0.1) is 26.7 Å². The van der Waals surface area contributed by atoms with Crippen molar-refractivity contribution < 1.29 is 4.79 Å². The molecule has 0 aliphatic carbocycles. The van der Waals surface area contributed by atoms with Gasteiger partial charge in [-0.2, -0.15) is 0 Å². The summed E-state index contributed by atoms with van der Waals surface area (Å²) < 4.78 is 2.26. The Morgan fingerprint density at radius 2 is 2.14 bits per heavy atom. The van der Waals surface area contributed by atoms with E-state index in [1.54, 1.807) is 0 Å². The van der Waals surface area contributed by atoms with E-state index in [-0.39, 0.29) is 5.91 Å². The lowest BCUT2D eigenvalue weighted by molar-refractivity contribution is 0.0786. The Hall–Kier alpha value is -2.10. The van der Waals surface area contributed by atoms with Gasteiger partial charge in [-0.1, -0.05) is 17.7 Å². The number of likely N-dealkylation sites (tertiary alicyclic amines) is 1. The van der Waals surface area contributed by atoms with Crippen molar-refractivity contribution in [2.45, 2.75) is 33.7 Å². The van der Waals surface area contributed by atoms with Crippen LogP contribution in [0.15, 0.2) is 30.5 Å². The van der Waals surface area contributed by atoms with Crippen LogP contribution in [-0.4, -0.2) is 33.4 Å². The van der Waals surface area contributed by atoms with Crippen molar-refractivity contribution >= 4 is 5.91 Å². The largest absolute Gasteiger partial charge is 0.338 e. The van der Waals surface area contributed by atoms with Crippen molar-refractivity contribution in [3.05, 3.63) is 53.1 Å². The van der Waals surface area contributed by atoms with Crippen LogP contribution < -0.4 is 0 Å². The van der Waals surface area contributed by atoms with E-state index in [2.05, 4.69) is 16.5 Å². The number of hydrogen-bond donors (Lipinski definition) is 0. The summed E-state index contributed by atoms with van der Waals surface area (Å²) in [6, 6.07) is 7.86. The number of imidazole rings is 1. The fourth-order valence-electron chi connectivity index (χ4n) is 3.24. The van der Waals surface area contributed by atoms with Gasteiger partial charge in [0.1, 0.15) is 5.82 Å². The molecule has 1 atom stereocenters. The molecule has 1 aliphatic rings. The molecule has 22 heavy (non-hydrogen) atoms. The van der Waals surface area contributed by atoms with Gasteiger partial charge in [0.15, 0.2) is 0 Å². The summed E-state index contributed by atoms with van der Waals surface area (Å²) >= 11 is 0. The Labute approximate surface area is 131 Å². The van der Waals surface area contributed by atoms with Crippen LogP contribution in [0.3, 0.4) is 0 Å². The minimum atomic E-state index is 0.158. The fourth-order valence-corrected chi connectivity index (χ4v) is 3.24. The highest BCUT2D eigenvalue weighted by Crippen LogP contribution is 2.22. The summed E-state index contributed by atoms with van der Waals surface area (Å²) in [6.45, 7) is 8.79. The smallest absolute Gasteiger partial charge is 0.253 e. The second-order valence-corrected chi connectivity index (χ2v) is 6.33. The molecule has 1 saturated heterocycles. The third kappa shape index (κ3) is 2.91. The second kappa shape index (κ2) is 5.95. The Morgan fingerprint density at radius 3 is 2.82 bits per heavy atom. The maximum atomic E-state index is 12.6. The van der Waals surface area contributed by atoms with Gasteiger partial charge in [-0.25, -0.2) is 4.98 Å². The molecule has 1 aromatic heterocycles. The summed E-state index contributed by atoms with van der Waals surface area (Å²) in [5.41, 5.74) is 3.13. The first kappa shape index (κ1) is 14.8. The van der Waals surface area contributed by atoms with Gasteiger partial charge < -0.3 is 9.47 Å². The third-order valence-electron chi connectivity index (χ3n) is 4.53. The van der Waals surface area contributed by atoms with Crippen LogP contribution in [0.25, 0.3) is 0 Å². The second-order valence-electron chi connectivity index (χ2n) is 6.33. The van der Waals surface area contributed by atoms with E-state index in [9.17, 15) is 4.79 Å². The molecule has 0 radical (unpaired) electrons. The van der Waals surface area contributed by atoms with Gasteiger partial charge in [0.2, 0.25) is 0 Å². The standard InChI is InChI=1S/C18H23N3O/c1-13-5-4-6-17(9-13)18(22)20-8-7-16(11-20)12-21-14(2)10-19-15(21)3/h4-6,9-10,16H,7-8,11-12H2,1-3H3. The van der Waals surface area contributed by atoms with Gasteiger partial charge >= 0.3 is 0 Å². The van der Waals surface area contributed by atoms with Gasteiger partial charge in [0.05, 0.1) is 0 Å². The molecule has 0 spiro atoms. The number of carbonyl (C=O) groups is 1. The maximum absolute atomic E-state index is 12.6. The fraction of sp³-hybridized carbons (Fsp3) is 0.444. The lowest BCUT2D eigenvalue weighted by atomic mass is 10.1. The van der Waals surface area contributed by atoms with E-state index in [0.29, 0.717) is 5.92 Å². The highest BCUT2D eigenvalue weighted by molar-refractivity contribution is 5.94. The zero-order valence-electron chi connectivity index (χ0n) is 13.5. The molecule has 4 nitrogen and oxygen atoms in total. The lowest BCUT2D eigenvalue weighted by Gasteiger charge is -2.18. The Bertz CT molecular complexity index is 670. The van der Waals surface area contributed by atoms with Crippen molar-refractivity contribution in [3.8, 4) is 0 Å². The zero-order chi connectivity index (χ0) is 15.7. The Kier molecular flexibility index (Phi) is 4.01. The SMILES string of the molecule is Cc1cccc(C(=O)N2CCC(Cn3c(C)cnc3C)C2)c1. The van der Waals surface area contributed by atoms with Crippen molar-refractivity contribution in [2.24, 2.45) is 5.92 Å². The number of aromatic nitrogens is 2. The summed E-state index contributed by atoms with van der Waals surface area (Å²) in [6.07, 6.45) is 2.98. The van der Waals surface area contributed by atoms with E-state index in [4.69, 9.17) is 0 Å². The van der Waals surface area contributed by atoms with Crippen LogP contribution in [0.1, 0.15) is 33.9 Å². The number of aryl methyl sites for hydroxylation is 3. The van der Waals surface area contributed by atoms with Crippen LogP contribution >= 0.6 is 0 Å². The van der Waals surface area contributed by atoms with Crippen LogP contribution in [0.5, 0.6) is 0 Å². The van der Waals surface area contributed by atoms with Crippen LogP contribution in [0.4, 0.5) is 0 Å². The molecule has 1 aliphatic heterocycles. The quantitative estimate of drug-likeness (QED) is 0.873. The van der Waals surface area contributed by atoms with Crippen LogP contribution in [-0.2, 0) is 6.54 Å². The van der Waals surface area contributed by atoms with Crippen molar-refractivity contribution in [3.63, 3.8) is 0 Å². The minimum absolute atomic E-state index is 0.158. The number of benzene rings is 1. The molecular formula is C18H23N3O. The highest BCUT2D eigenvalue weighted by atomic mass is 16.2. The topological polar surface area (TPSA) is 38.1 Å². The molecule has 0 N–H and O–H groups in total. The number of carbonyl (C=O) groups excluding carboxylic acids is 1. The predicted octanol–water partition coefficient (Wildman–Crippen LogP) is 2.97. The summed E-state index contributed by atoms with van der Waals surface area (Å²) in [5.74, 6) is 1.73. The molecule has 2 heterocycles. The maximum Gasteiger partial charge on any atom is 0.253 e. The number of hydrogen-bond acceptors (Lipinski definition) is 2. The average Bonchev–Trinajstić information content (AvgIpc) is 3.09. The van der Waals surface area contributed by atoms with Crippen molar-refractivity contribution in [1.29, 1.82) is 0 Å². The lowest BCUT2D eigenvalue weighted by Crippen LogP contribution is -2.29. The summed E-state index contributed by atoms with van der Waals surface area (Å²) in [4.78, 5) is 18.9. The monoisotopic (exact) mass is 297 g/mol. The van der Waals surface area contributed by atoms with Gasteiger partial charge in [-0.15, -0.1) is 0 Å². The van der Waals surface area contributed by atoms with Crippen LogP contribution in [0.2, 0.25) is 0 Å². The average molecular weight is 297 g/mol. The first-order valence-electron chi connectivity index (χ1n) is 7.89. The predicted molar refractivity (Wildman–Crippen MR) is 86.9 cm³/mol. The van der Waals surface area contributed by atoms with Gasteiger partial charge in [0.25, 0.3) is 5.91 Å². The summed E-state index contributed by atoms with van der Waals surface area (Å²) in [7, 11) is 0. The van der Waals surface area contributed by atoms with E-state index in [0.717, 1.165) is 43.0 Å². The number of amides is 1. The van der Waals surface area contributed by atoms with Crippen molar-refractivity contribution in [2.75, 3.05) is 13.1 Å². The summed E-state index contributed by atoms with van der Waals surface area (Å²) in [5, 5.41) is 0. The molecule has 0 bridgehead atoms. The molecular weight excluding hydrogens is 274 g/mol.